The van der Waals surface area contributed by atoms with Gasteiger partial charge in [-0.25, -0.2) is 0 Å². The molecule has 0 aromatic rings. The molecule has 0 radical (unpaired) electrons. The highest BCUT2D eigenvalue weighted by molar-refractivity contribution is 5.03. The lowest BCUT2D eigenvalue weighted by Gasteiger charge is -2.24. The van der Waals surface area contributed by atoms with Crippen LogP contribution in [0.25, 0.3) is 0 Å². The summed E-state index contributed by atoms with van der Waals surface area (Å²) in [5.41, 5.74) is 0.978. The van der Waals surface area contributed by atoms with Gasteiger partial charge >= 0.3 is 0 Å². The molecule has 0 heterocycles. The summed E-state index contributed by atoms with van der Waals surface area (Å²) in [6.45, 7) is 2.09. The smallest absolute Gasteiger partial charge is 0.0784 e. The number of aliphatic hydroxyl groups excluding tert-OH is 2. The van der Waals surface area contributed by atoms with Crippen LogP contribution in [0.2, 0.25) is 0 Å². The molecule has 2 heteroatoms. The zero-order valence-electron chi connectivity index (χ0n) is 6.25. The molecule has 1 aliphatic rings. The van der Waals surface area contributed by atoms with Gasteiger partial charge in [0.05, 0.1) is 12.4 Å². The Morgan fingerprint density at radius 2 is 2.20 bits per heavy atom. The second-order valence-corrected chi connectivity index (χ2v) is 3.19. The number of rotatable bonds is 0. The van der Waals surface area contributed by atoms with E-state index in [4.69, 9.17) is 5.11 Å². The molecule has 2 atom stereocenters. The van der Waals surface area contributed by atoms with Crippen LogP contribution < -0.4 is 0 Å². The Labute approximate surface area is 61.2 Å². The van der Waals surface area contributed by atoms with Gasteiger partial charge < -0.3 is 10.2 Å². The van der Waals surface area contributed by atoms with Crippen LogP contribution in [0.15, 0.2) is 11.8 Å². The predicted molar refractivity (Wildman–Crippen MR) is 39.7 cm³/mol. The first-order chi connectivity index (χ1) is 4.72. The van der Waals surface area contributed by atoms with Crippen LogP contribution in [0.4, 0.5) is 0 Å². The Hall–Kier alpha value is -0.500. The van der Waals surface area contributed by atoms with Gasteiger partial charge in [0.1, 0.15) is 0 Å². The summed E-state index contributed by atoms with van der Waals surface area (Å²) in [5, 5.41) is 17.9. The van der Waals surface area contributed by atoms with Crippen molar-refractivity contribution in [2.45, 2.75) is 32.3 Å². The average molecular weight is 142 g/mol. The van der Waals surface area contributed by atoms with Gasteiger partial charge in [-0.15, -0.1) is 0 Å². The van der Waals surface area contributed by atoms with Gasteiger partial charge in [0.15, 0.2) is 0 Å². The maximum atomic E-state index is 9.23. The lowest BCUT2D eigenvalue weighted by Crippen LogP contribution is -2.19. The molecule has 1 fully saturated rings. The summed E-state index contributed by atoms with van der Waals surface area (Å²) in [7, 11) is 0. The normalized spacial score (nSPS) is 38.4. The predicted octanol–water partition coefficient (Wildman–Crippen LogP) is 1.61. The second-order valence-electron chi connectivity index (χ2n) is 3.19. The van der Waals surface area contributed by atoms with Crippen molar-refractivity contribution >= 4 is 0 Å². The molecule has 2 nitrogen and oxygen atoms in total. The maximum absolute atomic E-state index is 9.23. The summed E-state index contributed by atoms with van der Waals surface area (Å²) in [6.07, 6.45) is 3.37. The van der Waals surface area contributed by atoms with E-state index >= 15 is 0 Å². The summed E-state index contributed by atoms with van der Waals surface area (Å²) in [5.74, 6) is 0.516. The Kier molecular flexibility index (Phi) is 2.33. The first-order valence-electron chi connectivity index (χ1n) is 3.72. The van der Waals surface area contributed by atoms with E-state index in [0.717, 1.165) is 24.7 Å². The summed E-state index contributed by atoms with van der Waals surface area (Å²) in [6, 6.07) is 0. The summed E-state index contributed by atoms with van der Waals surface area (Å²) >= 11 is 0. The lowest BCUT2D eigenvalue weighted by molar-refractivity contribution is 0.126. The van der Waals surface area contributed by atoms with Crippen molar-refractivity contribution in [2.75, 3.05) is 0 Å². The van der Waals surface area contributed by atoms with Crippen LogP contribution in [0.1, 0.15) is 26.2 Å². The zero-order valence-corrected chi connectivity index (χ0v) is 6.25. The van der Waals surface area contributed by atoms with E-state index in [1.807, 2.05) is 0 Å². The van der Waals surface area contributed by atoms with Crippen molar-refractivity contribution in [1.82, 2.24) is 0 Å². The van der Waals surface area contributed by atoms with E-state index in [9.17, 15) is 5.11 Å². The molecule has 2 N–H and O–H groups in total. The molecule has 0 amide bonds. The van der Waals surface area contributed by atoms with Crippen LogP contribution in [0.3, 0.4) is 0 Å². The molecule has 1 aliphatic carbocycles. The fourth-order valence-corrected chi connectivity index (χ4v) is 1.57. The molecule has 1 saturated carbocycles. The van der Waals surface area contributed by atoms with Crippen LogP contribution in [0.5, 0.6) is 0 Å². The standard InChI is InChI=1S/C8H14O2/c1-6-2-7(5-9)4-8(10)3-6/h5-6,8-10H,2-4H2,1H3/b7-5+/t6-,8+/m1/s1. The van der Waals surface area contributed by atoms with Gasteiger partial charge in [0, 0.05) is 0 Å². The van der Waals surface area contributed by atoms with Crippen molar-refractivity contribution in [3.8, 4) is 0 Å². The first kappa shape index (κ1) is 7.61. The number of hydrogen-bond acceptors (Lipinski definition) is 2. The Balaban J connectivity index is 2.51. The van der Waals surface area contributed by atoms with Crippen molar-refractivity contribution in [2.24, 2.45) is 5.92 Å². The van der Waals surface area contributed by atoms with Gasteiger partial charge in [0.25, 0.3) is 0 Å². The molecule has 0 aliphatic heterocycles. The molecule has 0 spiro atoms. The lowest BCUT2D eigenvalue weighted by atomic mass is 9.85. The first-order valence-corrected chi connectivity index (χ1v) is 3.72. The second kappa shape index (κ2) is 3.06. The average Bonchev–Trinajstić information content (AvgIpc) is 1.85. The summed E-state index contributed by atoms with van der Waals surface area (Å²) < 4.78 is 0. The van der Waals surface area contributed by atoms with Crippen molar-refractivity contribution < 1.29 is 10.2 Å². The van der Waals surface area contributed by atoms with Crippen LogP contribution >= 0.6 is 0 Å². The molecular weight excluding hydrogens is 128 g/mol. The Bertz CT molecular complexity index is 128. The van der Waals surface area contributed by atoms with Gasteiger partial charge in [-0.3, -0.25) is 0 Å². The maximum Gasteiger partial charge on any atom is 0.0784 e. The Morgan fingerprint density at radius 3 is 2.70 bits per heavy atom. The highest BCUT2D eigenvalue weighted by Crippen LogP contribution is 2.27. The van der Waals surface area contributed by atoms with Gasteiger partial charge in [-0.2, -0.15) is 0 Å². The molecule has 0 aromatic carbocycles. The molecule has 58 valence electrons. The SMILES string of the molecule is C[C@@H]1C/C(=C\O)C[C@@H](O)C1. The van der Waals surface area contributed by atoms with E-state index in [1.54, 1.807) is 0 Å². The van der Waals surface area contributed by atoms with E-state index < -0.39 is 0 Å². The largest absolute Gasteiger partial charge is 0.516 e. The fraction of sp³-hybridized carbons (Fsp3) is 0.750. The molecular formula is C8H14O2. The quantitative estimate of drug-likeness (QED) is 0.504. The molecule has 10 heavy (non-hydrogen) atoms. The van der Waals surface area contributed by atoms with Crippen molar-refractivity contribution in [1.29, 1.82) is 0 Å². The third-order valence-corrected chi connectivity index (χ3v) is 1.97. The van der Waals surface area contributed by atoms with E-state index in [-0.39, 0.29) is 6.10 Å². The van der Waals surface area contributed by atoms with Crippen LogP contribution in [-0.4, -0.2) is 16.3 Å². The Morgan fingerprint density at radius 1 is 1.50 bits per heavy atom. The van der Waals surface area contributed by atoms with Crippen LogP contribution in [-0.2, 0) is 0 Å². The van der Waals surface area contributed by atoms with Crippen molar-refractivity contribution in [3.05, 3.63) is 11.8 Å². The van der Waals surface area contributed by atoms with Gasteiger partial charge in [0.2, 0.25) is 0 Å². The van der Waals surface area contributed by atoms with E-state index in [0.29, 0.717) is 12.3 Å². The molecule has 1 rings (SSSR count). The van der Waals surface area contributed by atoms with Gasteiger partial charge in [-0.1, -0.05) is 6.92 Å². The third kappa shape index (κ3) is 1.74. The monoisotopic (exact) mass is 142 g/mol. The van der Waals surface area contributed by atoms with Gasteiger partial charge in [-0.05, 0) is 30.8 Å². The van der Waals surface area contributed by atoms with Crippen molar-refractivity contribution in [3.63, 3.8) is 0 Å². The summed E-state index contributed by atoms with van der Waals surface area (Å²) in [4.78, 5) is 0. The minimum atomic E-state index is -0.234. The van der Waals surface area contributed by atoms with E-state index in [1.165, 1.54) is 0 Å². The third-order valence-electron chi connectivity index (χ3n) is 1.97. The molecule has 0 saturated heterocycles. The number of aliphatic hydroxyl groups is 2. The minimum absolute atomic E-state index is 0.234. The zero-order chi connectivity index (χ0) is 7.56. The highest BCUT2D eigenvalue weighted by atomic mass is 16.3. The molecule has 0 bridgehead atoms. The topological polar surface area (TPSA) is 40.5 Å². The fourth-order valence-electron chi connectivity index (χ4n) is 1.57. The molecule has 0 aromatic heterocycles. The van der Waals surface area contributed by atoms with E-state index in [2.05, 4.69) is 6.92 Å². The molecule has 0 unspecified atom stereocenters. The highest BCUT2D eigenvalue weighted by Gasteiger charge is 2.19. The number of hydrogen-bond donors (Lipinski definition) is 2. The minimum Gasteiger partial charge on any atom is -0.516 e. The van der Waals surface area contributed by atoms with Crippen LogP contribution in [0, 0.1) is 5.92 Å².